The minimum absolute atomic E-state index is 0.284. The van der Waals surface area contributed by atoms with Crippen LogP contribution in [0.2, 0.25) is 0 Å². The molecular weight excluding hydrogens is 444 g/mol. The third kappa shape index (κ3) is 4.31. The molecular formula is C28H21NO2P2. The van der Waals surface area contributed by atoms with Crippen LogP contribution in [0.15, 0.2) is 132 Å². The van der Waals surface area contributed by atoms with E-state index in [9.17, 15) is 9.59 Å². The van der Waals surface area contributed by atoms with Crippen molar-refractivity contribution in [1.82, 2.24) is 5.32 Å². The van der Waals surface area contributed by atoms with Gasteiger partial charge in [-0.3, -0.25) is 14.9 Å². The molecule has 1 N–H and O–H groups in total. The van der Waals surface area contributed by atoms with Gasteiger partial charge in [0.2, 0.25) is 0 Å². The standard InChI is InChI=1S/C28H21NO2P2/c30-27-25(32(21-13-5-1-6-14-21)22-15-7-2-8-16-22)26(28(31)29-27)33(23-17-9-3-10-18-23)24-19-11-4-12-20-24/h1-20H,(H,29,30,31). The number of hydrogen-bond donors (Lipinski definition) is 1. The molecule has 3 nitrogen and oxygen atoms in total. The lowest BCUT2D eigenvalue weighted by molar-refractivity contribution is -0.123. The van der Waals surface area contributed by atoms with Crippen molar-refractivity contribution in [3.63, 3.8) is 0 Å². The van der Waals surface area contributed by atoms with Crippen molar-refractivity contribution in [2.45, 2.75) is 0 Å². The van der Waals surface area contributed by atoms with Gasteiger partial charge in [-0.15, -0.1) is 0 Å². The average Bonchev–Trinajstić information content (AvgIpc) is 3.15. The summed E-state index contributed by atoms with van der Waals surface area (Å²) >= 11 is 0. The summed E-state index contributed by atoms with van der Waals surface area (Å²) in [6.07, 6.45) is 0. The van der Waals surface area contributed by atoms with Gasteiger partial charge in [-0.25, -0.2) is 0 Å². The van der Waals surface area contributed by atoms with Crippen LogP contribution in [0.4, 0.5) is 0 Å². The van der Waals surface area contributed by atoms with E-state index in [0.717, 1.165) is 21.2 Å². The van der Waals surface area contributed by atoms with E-state index in [1.54, 1.807) is 0 Å². The molecule has 0 bridgehead atoms. The van der Waals surface area contributed by atoms with Crippen LogP contribution in [0, 0.1) is 0 Å². The zero-order valence-corrected chi connectivity index (χ0v) is 19.5. The van der Waals surface area contributed by atoms with E-state index in [-0.39, 0.29) is 11.8 Å². The van der Waals surface area contributed by atoms with Gasteiger partial charge in [0, 0.05) is 0 Å². The maximum atomic E-state index is 13.4. The van der Waals surface area contributed by atoms with Crippen LogP contribution >= 0.6 is 15.8 Å². The molecule has 2 amide bonds. The second kappa shape index (κ2) is 9.63. The third-order valence-corrected chi connectivity index (χ3v) is 10.6. The summed E-state index contributed by atoms with van der Waals surface area (Å²) in [4.78, 5) is 26.8. The summed E-state index contributed by atoms with van der Waals surface area (Å²) in [5.41, 5.74) is 0. The number of amides is 2. The number of rotatable bonds is 6. The molecule has 1 aliphatic rings. The Labute approximate surface area is 195 Å². The van der Waals surface area contributed by atoms with Crippen LogP contribution < -0.4 is 26.5 Å². The summed E-state index contributed by atoms with van der Waals surface area (Å²) in [6, 6.07) is 40.2. The molecule has 0 aromatic heterocycles. The molecule has 0 aliphatic carbocycles. The largest absolute Gasteiger partial charge is 0.288 e. The number of nitrogens with one attached hydrogen (secondary N) is 1. The highest BCUT2D eigenvalue weighted by Gasteiger charge is 2.41. The molecule has 0 atom stereocenters. The molecule has 160 valence electrons. The normalized spacial score (nSPS) is 13.6. The van der Waals surface area contributed by atoms with Gasteiger partial charge in [0.15, 0.2) is 0 Å². The van der Waals surface area contributed by atoms with Crippen molar-refractivity contribution < 1.29 is 9.59 Å². The fourth-order valence-electron chi connectivity index (χ4n) is 3.97. The van der Waals surface area contributed by atoms with Crippen LogP contribution in [0.1, 0.15) is 0 Å². The van der Waals surface area contributed by atoms with Crippen molar-refractivity contribution in [3.05, 3.63) is 132 Å². The van der Waals surface area contributed by atoms with Crippen molar-refractivity contribution in [3.8, 4) is 0 Å². The van der Waals surface area contributed by atoms with Gasteiger partial charge in [-0.1, -0.05) is 121 Å². The SMILES string of the molecule is O=C1NC(=O)C(P(c2ccccc2)c2ccccc2)=C1P(c1ccccc1)c1ccccc1. The minimum atomic E-state index is -1.21. The maximum absolute atomic E-state index is 13.4. The first-order valence-corrected chi connectivity index (χ1v) is 13.3. The Morgan fingerprint density at radius 2 is 0.636 bits per heavy atom. The molecule has 0 saturated carbocycles. The predicted octanol–water partition coefficient (Wildman–Crippen LogP) is 4.12. The first-order valence-electron chi connectivity index (χ1n) is 10.6. The zero-order chi connectivity index (χ0) is 22.6. The van der Waals surface area contributed by atoms with Crippen molar-refractivity contribution in [1.29, 1.82) is 0 Å². The molecule has 0 spiro atoms. The van der Waals surface area contributed by atoms with Crippen LogP contribution in [0.5, 0.6) is 0 Å². The van der Waals surface area contributed by atoms with Gasteiger partial charge in [0.25, 0.3) is 11.8 Å². The Balaban J connectivity index is 1.80. The van der Waals surface area contributed by atoms with Crippen molar-refractivity contribution in [2.24, 2.45) is 0 Å². The second-order valence-corrected chi connectivity index (χ2v) is 11.8. The summed E-state index contributed by atoms with van der Waals surface area (Å²) in [7, 11) is -2.42. The molecule has 0 unspecified atom stereocenters. The number of hydrogen-bond acceptors (Lipinski definition) is 2. The molecule has 4 aromatic rings. The van der Waals surface area contributed by atoms with Crippen molar-refractivity contribution >= 4 is 48.9 Å². The Morgan fingerprint density at radius 3 is 0.879 bits per heavy atom. The third-order valence-electron chi connectivity index (χ3n) is 5.39. The quantitative estimate of drug-likeness (QED) is 0.344. The van der Waals surface area contributed by atoms with E-state index >= 15 is 0 Å². The number of imide groups is 1. The lowest BCUT2D eigenvalue weighted by Gasteiger charge is -2.24. The Bertz CT molecular complexity index is 1130. The van der Waals surface area contributed by atoms with Crippen molar-refractivity contribution in [2.75, 3.05) is 0 Å². The monoisotopic (exact) mass is 465 g/mol. The highest BCUT2D eigenvalue weighted by molar-refractivity contribution is 7.82. The Hall–Kier alpha value is -3.38. The zero-order valence-electron chi connectivity index (χ0n) is 17.8. The average molecular weight is 465 g/mol. The van der Waals surface area contributed by atoms with Crippen LogP contribution in [0.3, 0.4) is 0 Å². The van der Waals surface area contributed by atoms with Gasteiger partial charge in [-0.05, 0) is 37.1 Å². The highest BCUT2D eigenvalue weighted by atomic mass is 31.1. The smallest absolute Gasteiger partial charge is 0.260 e. The van der Waals surface area contributed by atoms with Crippen LogP contribution in [0.25, 0.3) is 0 Å². The molecule has 33 heavy (non-hydrogen) atoms. The van der Waals surface area contributed by atoms with E-state index in [2.05, 4.69) is 5.32 Å². The molecule has 0 radical (unpaired) electrons. The maximum Gasteiger partial charge on any atom is 0.260 e. The Kier molecular flexibility index (Phi) is 6.26. The van der Waals surface area contributed by atoms with E-state index < -0.39 is 15.8 Å². The van der Waals surface area contributed by atoms with Gasteiger partial charge in [-0.2, -0.15) is 0 Å². The first-order chi connectivity index (χ1) is 16.2. The summed E-state index contributed by atoms with van der Waals surface area (Å²) < 4.78 is 0. The summed E-state index contributed by atoms with van der Waals surface area (Å²) in [5, 5.41) is 8.04. The van der Waals surface area contributed by atoms with E-state index in [1.165, 1.54) is 0 Å². The van der Waals surface area contributed by atoms with E-state index in [1.807, 2.05) is 121 Å². The highest BCUT2D eigenvalue weighted by Crippen LogP contribution is 2.55. The fourth-order valence-corrected chi connectivity index (χ4v) is 9.23. The minimum Gasteiger partial charge on any atom is -0.288 e. The lowest BCUT2D eigenvalue weighted by atomic mass is 10.4. The lowest BCUT2D eigenvalue weighted by Crippen LogP contribution is -2.25. The molecule has 5 heteroatoms. The number of carbonyl (C=O) groups excluding carboxylic acids is 2. The number of carbonyl (C=O) groups is 2. The Morgan fingerprint density at radius 1 is 0.394 bits per heavy atom. The molecule has 0 saturated heterocycles. The predicted molar refractivity (Wildman–Crippen MR) is 138 cm³/mol. The molecule has 1 aliphatic heterocycles. The van der Waals surface area contributed by atoms with E-state index in [4.69, 9.17) is 0 Å². The summed E-state index contributed by atoms with van der Waals surface area (Å²) in [6.45, 7) is 0. The molecule has 5 rings (SSSR count). The van der Waals surface area contributed by atoms with Crippen LogP contribution in [-0.4, -0.2) is 11.8 Å². The fraction of sp³-hybridized carbons (Fsp3) is 0. The van der Waals surface area contributed by atoms with Gasteiger partial charge in [0.05, 0.1) is 10.6 Å². The summed E-state index contributed by atoms with van der Waals surface area (Å²) in [5.74, 6) is -0.568. The number of benzene rings is 4. The molecule has 4 aromatic carbocycles. The second-order valence-electron chi connectivity index (χ2n) is 7.49. The molecule has 1 heterocycles. The van der Waals surface area contributed by atoms with Gasteiger partial charge >= 0.3 is 0 Å². The molecule has 0 fully saturated rings. The van der Waals surface area contributed by atoms with Gasteiger partial charge < -0.3 is 0 Å². The van der Waals surface area contributed by atoms with Crippen LogP contribution in [-0.2, 0) is 9.59 Å². The van der Waals surface area contributed by atoms with Gasteiger partial charge in [0.1, 0.15) is 0 Å². The first kappa shape index (κ1) is 21.5. The van der Waals surface area contributed by atoms with E-state index in [0.29, 0.717) is 10.6 Å². The topological polar surface area (TPSA) is 46.2 Å².